The lowest BCUT2D eigenvalue weighted by Gasteiger charge is -2.15. The molecule has 0 bridgehead atoms. The van der Waals surface area contributed by atoms with Crippen LogP contribution >= 0.6 is 0 Å². The second-order valence-electron chi connectivity index (χ2n) is 5.46. The van der Waals surface area contributed by atoms with E-state index >= 15 is 0 Å². The van der Waals surface area contributed by atoms with E-state index in [1.54, 1.807) is 0 Å². The van der Waals surface area contributed by atoms with Crippen LogP contribution in [0.25, 0.3) is 0 Å². The number of ether oxygens (including phenoxy) is 1. The number of carbonyl (C=O) groups excluding carboxylic acids is 1. The van der Waals surface area contributed by atoms with Crippen molar-refractivity contribution < 1.29 is 9.53 Å². The van der Waals surface area contributed by atoms with Gasteiger partial charge in [-0.1, -0.05) is 33.1 Å². The van der Waals surface area contributed by atoms with Crippen molar-refractivity contribution in [2.45, 2.75) is 39.5 Å². The standard InChI is InChI=1S/C17H27NO2/c1-5-7-8-14(6-2)13-20-17(19)15-9-11-16(12-10-15)18(3)4/h9-12,14H,5-8,13H2,1-4H3/i17+2. The molecule has 0 N–H and O–H groups in total. The minimum Gasteiger partial charge on any atom is -0.462 e. The maximum Gasteiger partial charge on any atom is 0.338 e. The zero-order valence-corrected chi connectivity index (χ0v) is 13.2. The van der Waals surface area contributed by atoms with E-state index < -0.39 is 0 Å². The first-order valence-corrected chi connectivity index (χ1v) is 7.53. The summed E-state index contributed by atoms with van der Waals surface area (Å²) in [6.07, 6.45) is 4.59. The number of nitrogens with zero attached hydrogens (tertiary/aromatic N) is 1. The molecule has 0 heterocycles. The Labute approximate surface area is 122 Å². The minimum atomic E-state index is -0.217. The average Bonchev–Trinajstić information content (AvgIpc) is 2.47. The van der Waals surface area contributed by atoms with E-state index in [2.05, 4.69) is 13.8 Å². The van der Waals surface area contributed by atoms with Crippen LogP contribution in [0.1, 0.15) is 49.9 Å². The Balaban J connectivity index is 2.49. The van der Waals surface area contributed by atoms with Crippen molar-refractivity contribution in [3.05, 3.63) is 29.8 Å². The van der Waals surface area contributed by atoms with Gasteiger partial charge >= 0.3 is 5.97 Å². The Morgan fingerprint density at radius 3 is 2.35 bits per heavy atom. The van der Waals surface area contributed by atoms with Gasteiger partial charge in [0.1, 0.15) is 0 Å². The van der Waals surface area contributed by atoms with Crippen LogP contribution in [0.3, 0.4) is 0 Å². The highest BCUT2D eigenvalue weighted by Gasteiger charge is 2.11. The predicted octanol–water partition coefficient (Wildman–Crippen LogP) is 4.13. The smallest absolute Gasteiger partial charge is 0.338 e. The molecule has 1 atom stereocenters. The largest absolute Gasteiger partial charge is 0.462 e. The van der Waals surface area contributed by atoms with Crippen molar-refractivity contribution in [2.24, 2.45) is 5.92 Å². The van der Waals surface area contributed by atoms with Crippen molar-refractivity contribution in [2.75, 3.05) is 25.6 Å². The van der Waals surface area contributed by atoms with Gasteiger partial charge in [0.2, 0.25) is 0 Å². The molecule has 1 aromatic rings. The van der Waals surface area contributed by atoms with Gasteiger partial charge < -0.3 is 9.64 Å². The SMILES string of the molecule is CCCCC(CC)CO[14C](=O)c1ccc(N(C)C)cc1. The van der Waals surface area contributed by atoms with Crippen LogP contribution in [-0.4, -0.2) is 26.7 Å². The van der Waals surface area contributed by atoms with E-state index in [0.717, 1.165) is 18.5 Å². The van der Waals surface area contributed by atoms with Crippen molar-refractivity contribution in [1.82, 2.24) is 0 Å². The third-order valence-corrected chi connectivity index (χ3v) is 3.61. The molecule has 3 nitrogen and oxygen atoms in total. The molecule has 1 rings (SSSR count). The number of hydrogen-bond donors (Lipinski definition) is 0. The summed E-state index contributed by atoms with van der Waals surface area (Å²) in [4.78, 5) is 14.0. The van der Waals surface area contributed by atoms with E-state index in [1.165, 1.54) is 12.8 Å². The molecule has 0 amide bonds. The molecular weight excluding hydrogens is 252 g/mol. The molecule has 0 spiro atoms. The lowest BCUT2D eigenvalue weighted by Crippen LogP contribution is -2.14. The Morgan fingerprint density at radius 2 is 1.85 bits per heavy atom. The lowest BCUT2D eigenvalue weighted by atomic mass is 10.0. The highest BCUT2D eigenvalue weighted by atomic mass is 16.8. The number of hydrogen-bond acceptors (Lipinski definition) is 3. The van der Waals surface area contributed by atoms with Crippen LogP contribution in [-0.2, 0) is 4.74 Å². The molecule has 20 heavy (non-hydrogen) atoms. The molecule has 112 valence electrons. The maximum atomic E-state index is 12.0. The number of unbranched alkanes of at least 4 members (excludes halogenated alkanes) is 1. The molecular formula is C17H27NO2. The van der Waals surface area contributed by atoms with Crippen molar-refractivity contribution in [1.29, 1.82) is 0 Å². The first kappa shape index (κ1) is 16.5. The zero-order valence-electron chi connectivity index (χ0n) is 13.2. The molecule has 0 aliphatic carbocycles. The average molecular weight is 279 g/mol. The van der Waals surface area contributed by atoms with E-state index in [1.807, 2.05) is 43.3 Å². The van der Waals surface area contributed by atoms with E-state index in [4.69, 9.17) is 4.74 Å². The summed E-state index contributed by atoms with van der Waals surface area (Å²) in [6, 6.07) is 7.52. The van der Waals surface area contributed by atoms with Crippen molar-refractivity contribution in [3.8, 4) is 0 Å². The summed E-state index contributed by atoms with van der Waals surface area (Å²) in [5, 5.41) is 0. The maximum absolute atomic E-state index is 12.0. The van der Waals surface area contributed by atoms with Crippen LogP contribution in [0.2, 0.25) is 0 Å². The fraction of sp³-hybridized carbons (Fsp3) is 0.588. The van der Waals surface area contributed by atoms with Crippen LogP contribution in [0.15, 0.2) is 24.3 Å². The van der Waals surface area contributed by atoms with E-state index in [9.17, 15) is 4.79 Å². The quantitative estimate of drug-likeness (QED) is 0.670. The summed E-state index contributed by atoms with van der Waals surface area (Å²) >= 11 is 0. The number of esters is 1. The summed E-state index contributed by atoms with van der Waals surface area (Å²) in [6.45, 7) is 4.87. The number of anilines is 1. The van der Waals surface area contributed by atoms with Gasteiger partial charge in [-0.05, 0) is 36.6 Å². The monoisotopic (exact) mass is 279 g/mol. The Morgan fingerprint density at radius 1 is 1.20 bits per heavy atom. The number of rotatable bonds is 8. The van der Waals surface area contributed by atoms with Gasteiger partial charge in [0.25, 0.3) is 0 Å². The van der Waals surface area contributed by atoms with Crippen molar-refractivity contribution >= 4 is 11.7 Å². The van der Waals surface area contributed by atoms with Gasteiger partial charge in [-0.2, -0.15) is 0 Å². The third kappa shape index (κ3) is 5.24. The Hall–Kier alpha value is -1.51. The van der Waals surface area contributed by atoms with Gasteiger partial charge in [-0.25, -0.2) is 4.79 Å². The second kappa shape index (κ2) is 8.62. The summed E-state index contributed by atoms with van der Waals surface area (Å²) < 4.78 is 5.43. The summed E-state index contributed by atoms with van der Waals surface area (Å²) in [7, 11) is 3.96. The molecule has 3 heteroatoms. The molecule has 0 saturated carbocycles. The second-order valence-corrected chi connectivity index (χ2v) is 5.46. The van der Waals surface area contributed by atoms with Crippen LogP contribution in [0.5, 0.6) is 0 Å². The number of carbonyl (C=O) groups is 1. The molecule has 0 saturated heterocycles. The van der Waals surface area contributed by atoms with Gasteiger partial charge in [0, 0.05) is 19.8 Å². The van der Waals surface area contributed by atoms with E-state index in [0.29, 0.717) is 18.1 Å². The van der Waals surface area contributed by atoms with E-state index in [-0.39, 0.29) is 5.97 Å². The summed E-state index contributed by atoms with van der Waals surface area (Å²) in [5.74, 6) is 0.269. The normalized spacial score (nSPS) is 12.0. The van der Waals surface area contributed by atoms with Crippen LogP contribution in [0.4, 0.5) is 5.69 Å². The van der Waals surface area contributed by atoms with Gasteiger partial charge in [-0.3, -0.25) is 0 Å². The van der Waals surface area contributed by atoms with Crippen LogP contribution < -0.4 is 4.90 Å². The zero-order chi connectivity index (χ0) is 15.0. The van der Waals surface area contributed by atoms with Gasteiger partial charge in [0.05, 0.1) is 12.2 Å². The fourth-order valence-electron chi connectivity index (χ4n) is 2.07. The Bertz CT molecular complexity index is 398. The van der Waals surface area contributed by atoms with Crippen LogP contribution in [0, 0.1) is 5.92 Å². The lowest BCUT2D eigenvalue weighted by molar-refractivity contribution is 0.0428. The Kier molecular flexibility index (Phi) is 7.13. The molecule has 1 unspecified atom stereocenters. The van der Waals surface area contributed by atoms with Gasteiger partial charge in [0.15, 0.2) is 0 Å². The topological polar surface area (TPSA) is 29.5 Å². The van der Waals surface area contributed by atoms with Crippen molar-refractivity contribution in [3.63, 3.8) is 0 Å². The third-order valence-electron chi connectivity index (χ3n) is 3.61. The molecule has 0 fully saturated rings. The molecule has 0 aliphatic rings. The molecule has 1 aromatic carbocycles. The molecule has 0 aromatic heterocycles. The minimum absolute atomic E-state index is 0.217. The van der Waals surface area contributed by atoms with Gasteiger partial charge in [-0.15, -0.1) is 0 Å². The number of benzene rings is 1. The first-order valence-electron chi connectivity index (χ1n) is 7.53. The predicted molar refractivity (Wildman–Crippen MR) is 84.4 cm³/mol. The summed E-state index contributed by atoms with van der Waals surface area (Å²) in [5.41, 5.74) is 1.71. The fourth-order valence-corrected chi connectivity index (χ4v) is 2.07. The highest BCUT2D eigenvalue weighted by molar-refractivity contribution is 5.89. The highest BCUT2D eigenvalue weighted by Crippen LogP contribution is 2.16. The molecule has 0 radical (unpaired) electrons. The molecule has 0 aliphatic heterocycles. The first-order chi connectivity index (χ1) is 9.58.